The van der Waals surface area contributed by atoms with E-state index in [0.29, 0.717) is 24.0 Å². The van der Waals surface area contributed by atoms with Crippen molar-refractivity contribution in [1.82, 2.24) is 4.98 Å². The molecular formula is C21H21N3OS. The lowest BCUT2D eigenvalue weighted by atomic mass is 10.2. The highest BCUT2D eigenvalue weighted by Gasteiger charge is 2.28. The topological polar surface area (TPSA) is 45.2 Å². The van der Waals surface area contributed by atoms with Crippen LogP contribution in [0.5, 0.6) is 0 Å². The van der Waals surface area contributed by atoms with Crippen LogP contribution in [0.2, 0.25) is 0 Å². The molecule has 0 spiro atoms. The van der Waals surface area contributed by atoms with Crippen molar-refractivity contribution < 1.29 is 4.79 Å². The van der Waals surface area contributed by atoms with Gasteiger partial charge in [0.15, 0.2) is 5.82 Å². The van der Waals surface area contributed by atoms with E-state index in [1.807, 2.05) is 30.5 Å². The summed E-state index contributed by atoms with van der Waals surface area (Å²) in [6.45, 7) is 2.13. The third kappa shape index (κ3) is 3.30. The fourth-order valence-corrected chi connectivity index (χ4v) is 4.59. The van der Waals surface area contributed by atoms with E-state index in [1.54, 1.807) is 23.6 Å². The molecule has 2 aliphatic rings. The number of carbonyl (C=O) groups is 1. The number of nitrogens with zero attached hydrogens (tertiary/aromatic N) is 2. The lowest BCUT2D eigenvalue weighted by Crippen LogP contribution is -2.32. The van der Waals surface area contributed by atoms with Crippen LogP contribution in [0.15, 0.2) is 46.3 Å². The summed E-state index contributed by atoms with van der Waals surface area (Å²) in [5.41, 5.74) is 1.73. The number of nitrogens with one attached hydrogen (secondary N) is 1. The molecule has 1 aliphatic carbocycles. The van der Waals surface area contributed by atoms with Crippen LogP contribution < -0.4 is 10.2 Å². The fourth-order valence-electron chi connectivity index (χ4n) is 3.50. The van der Waals surface area contributed by atoms with E-state index in [2.05, 4.69) is 28.2 Å². The molecule has 2 aromatic rings. The highest BCUT2D eigenvalue weighted by atomic mass is 32.2. The smallest absolute Gasteiger partial charge is 0.261 e. The summed E-state index contributed by atoms with van der Waals surface area (Å²) >= 11 is 1.60. The Labute approximate surface area is 158 Å². The van der Waals surface area contributed by atoms with Crippen molar-refractivity contribution in [3.05, 3.63) is 42.1 Å². The molecule has 26 heavy (non-hydrogen) atoms. The minimum atomic E-state index is -0.0430. The van der Waals surface area contributed by atoms with Gasteiger partial charge in [-0.1, -0.05) is 42.7 Å². The number of aromatic nitrogens is 1. The molecule has 0 bridgehead atoms. The van der Waals surface area contributed by atoms with Crippen molar-refractivity contribution in [2.45, 2.75) is 48.4 Å². The van der Waals surface area contributed by atoms with Crippen molar-refractivity contribution in [3.63, 3.8) is 0 Å². The van der Waals surface area contributed by atoms with Crippen LogP contribution in [0.1, 0.15) is 43.0 Å². The Bertz CT molecular complexity index is 894. The molecule has 0 unspecified atom stereocenters. The Morgan fingerprint density at radius 3 is 2.88 bits per heavy atom. The van der Waals surface area contributed by atoms with E-state index in [4.69, 9.17) is 0 Å². The van der Waals surface area contributed by atoms with E-state index in [1.165, 1.54) is 25.7 Å². The van der Waals surface area contributed by atoms with Gasteiger partial charge in [0.2, 0.25) is 0 Å². The minimum absolute atomic E-state index is 0.0430. The quantitative estimate of drug-likeness (QED) is 0.812. The number of amides is 1. The number of anilines is 2. The standard InChI is InChI=1S/C21H21N3OS/c1-2-3-12-24-20-19(26-18-11-7-6-10-17(18)21(24)25)13-16(14-22-20)23-15-8-4-5-9-15/h6-7,10-11,13-15,23H,4-5,8-9,12H2,1H3. The van der Waals surface area contributed by atoms with E-state index in [9.17, 15) is 4.79 Å². The number of rotatable bonds is 3. The summed E-state index contributed by atoms with van der Waals surface area (Å²) in [4.78, 5) is 21.3. The van der Waals surface area contributed by atoms with Gasteiger partial charge in [0.05, 0.1) is 28.9 Å². The Kier molecular flexibility index (Phi) is 4.85. The van der Waals surface area contributed by atoms with Gasteiger partial charge in [-0.3, -0.25) is 9.69 Å². The number of hydrogen-bond acceptors (Lipinski definition) is 4. The Hall–Kier alpha value is -2.45. The lowest BCUT2D eigenvalue weighted by molar-refractivity contribution is 0.0986. The van der Waals surface area contributed by atoms with E-state index >= 15 is 0 Å². The van der Waals surface area contributed by atoms with Gasteiger partial charge in [0, 0.05) is 10.9 Å². The van der Waals surface area contributed by atoms with Crippen molar-refractivity contribution in [1.29, 1.82) is 0 Å². The average molecular weight is 363 g/mol. The number of fused-ring (bicyclic) bond motifs is 2. The summed E-state index contributed by atoms with van der Waals surface area (Å²) in [6.07, 6.45) is 6.84. The second kappa shape index (κ2) is 7.43. The summed E-state index contributed by atoms with van der Waals surface area (Å²) in [5.74, 6) is 6.54. The first-order valence-electron chi connectivity index (χ1n) is 9.01. The van der Waals surface area contributed by atoms with Gasteiger partial charge >= 0.3 is 0 Å². The van der Waals surface area contributed by atoms with Crippen LogP contribution in [0, 0.1) is 11.8 Å². The van der Waals surface area contributed by atoms with Crippen LogP contribution in [0.3, 0.4) is 0 Å². The molecule has 0 atom stereocenters. The van der Waals surface area contributed by atoms with Crippen LogP contribution >= 0.6 is 11.8 Å². The monoisotopic (exact) mass is 363 g/mol. The molecule has 5 heteroatoms. The van der Waals surface area contributed by atoms with Crippen LogP contribution in [-0.4, -0.2) is 23.5 Å². The summed E-state index contributed by atoms with van der Waals surface area (Å²) in [5, 5.41) is 3.60. The fraction of sp³-hybridized carbons (Fsp3) is 0.333. The first-order chi connectivity index (χ1) is 12.8. The molecule has 0 radical (unpaired) electrons. The van der Waals surface area contributed by atoms with Gasteiger partial charge in [0.1, 0.15) is 0 Å². The summed E-state index contributed by atoms with van der Waals surface area (Å²) in [6, 6.07) is 10.4. The number of hydrogen-bond donors (Lipinski definition) is 1. The zero-order chi connectivity index (χ0) is 17.9. The first kappa shape index (κ1) is 17.0. The lowest BCUT2D eigenvalue weighted by Gasteiger charge is -2.20. The van der Waals surface area contributed by atoms with E-state index in [0.717, 1.165) is 15.5 Å². The molecule has 4 rings (SSSR count). The maximum absolute atomic E-state index is 13.1. The van der Waals surface area contributed by atoms with Gasteiger partial charge < -0.3 is 5.32 Å². The molecule has 0 saturated heterocycles. The number of benzene rings is 1. The molecule has 1 aliphatic heterocycles. The zero-order valence-corrected chi connectivity index (χ0v) is 15.6. The predicted octanol–water partition coefficient (Wildman–Crippen LogP) is 4.57. The molecule has 1 saturated carbocycles. The molecule has 2 heterocycles. The van der Waals surface area contributed by atoms with Crippen molar-refractivity contribution in [2.24, 2.45) is 0 Å². The average Bonchev–Trinajstić information content (AvgIpc) is 3.13. The largest absolute Gasteiger partial charge is 0.381 e. The summed E-state index contributed by atoms with van der Waals surface area (Å²) < 4.78 is 0. The minimum Gasteiger partial charge on any atom is -0.381 e. The third-order valence-corrected chi connectivity index (χ3v) is 5.91. The molecular weight excluding hydrogens is 342 g/mol. The van der Waals surface area contributed by atoms with Crippen LogP contribution in [-0.2, 0) is 0 Å². The van der Waals surface area contributed by atoms with Crippen LogP contribution in [0.4, 0.5) is 11.5 Å². The summed E-state index contributed by atoms with van der Waals surface area (Å²) in [7, 11) is 0. The Morgan fingerprint density at radius 1 is 1.27 bits per heavy atom. The van der Waals surface area contributed by atoms with E-state index < -0.39 is 0 Å². The van der Waals surface area contributed by atoms with Crippen molar-refractivity contribution in [2.75, 3.05) is 16.8 Å². The zero-order valence-electron chi connectivity index (χ0n) is 14.8. The molecule has 1 amide bonds. The van der Waals surface area contributed by atoms with Crippen molar-refractivity contribution in [3.8, 4) is 11.8 Å². The first-order valence-corrected chi connectivity index (χ1v) is 9.83. The predicted molar refractivity (Wildman–Crippen MR) is 106 cm³/mol. The maximum atomic E-state index is 13.1. The van der Waals surface area contributed by atoms with Gasteiger partial charge in [-0.05, 0) is 38.0 Å². The van der Waals surface area contributed by atoms with Gasteiger partial charge in [-0.2, -0.15) is 0 Å². The number of carbonyl (C=O) groups excluding carboxylic acids is 1. The van der Waals surface area contributed by atoms with Gasteiger partial charge in [-0.15, -0.1) is 5.92 Å². The van der Waals surface area contributed by atoms with Gasteiger partial charge in [0.25, 0.3) is 5.91 Å². The number of pyridine rings is 1. The second-order valence-electron chi connectivity index (χ2n) is 6.59. The molecule has 4 nitrogen and oxygen atoms in total. The SMILES string of the molecule is CC#CCN1C(=O)c2ccccc2Sc2cc(NC3CCCC3)cnc21. The molecule has 1 aromatic heterocycles. The highest BCUT2D eigenvalue weighted by Crippen LogP contribution is 2.41. The molecule has 1 aromatic carbocycles. The van der Waals surface area contributed by atoms with E-state index in [-0.39, 0.29) is 5.91 Å². The Balaban J connectivity index is 1.74. The van der Waals surface area contributed by atoms with Crippen LogP contribution in [0.25, 0.3) is 0 Å². The molecule has 1 N–H and O–H groups in total. The molecule has 1 fully saturated rings. The normalized spacial score (nSPS) is 16.3. The maximum Gasteiger partial charge on any atom is 0.261 e. The Morgan fingerprint density at radius 2 is 2.08 bits per heavy atom. The molecule has 132 valence electrons. The highest BCUT2D eigenvalue weighted by molar-refractivity contribution is 7.99. The third-order valence-electron chi connectivity index (χ3n) is 4.81. The van der Waals surface area contributed by atoms with Gasteiger partial charge in [-0.25, -0.2) is 4.98 Å². The van der Waals surface area contributed by atoms with Crippen molar-refractivity contribution >= 4 is 29.2 Å². The second-order valence-corrected chi connectivity index (χ2v) is 7.67.